The smallest absolute Gasteiger partial charge is 0.125 e. The maximum absolute atomic E-state index is 13.3. The SMILES string of the molecule is CNCCCc1nc2ccc(F)cc2n1C(C)C. The van der Waals surface area contributed by atoms with Crippen LogP contribution < -0.4 is 5.32 Å². The topological polar surface area (TPSA) is 29.9 Å². The normalized spacial score (nSPS) is 11.6. The number of halogens is 1. The molecule has 2 rings (SSSR count). The van der Waals surface area contributed by atoms with Gasteiger partial charge in [0.1, 0.15) is 11.6 Å². The zero-order valence-corrected chi connectivity index (χ0v) is 11.2. The average molecular weight is 249 g/mol. The van der Waals surface area contributed by atoms with Crippen LogP contribution in [-0.4, -0.2) is 23.1 Å². The summed E-state index contributed by atoms with van der Waals surface area (Å²) in [4.78, 5) is 4.62. The van der Waals surface area contributed by atoms with Gasteiger partial charge >= 0.3 is 0 Å². The van der Waals surface area contributed by atoms with Gasteiger partial charge in [0.2, 0.25) is 0 Å². The molecule has 0 aliphatic rings. The molecule has 0 bridgehead atoms. The molecule has 4 heteroatoms. The van der Waals surface area contributed by atoms with Crippen LogP contribution in [0.4, 0.5) is 4.39 Å². The van der Waals surface area contributed by atoms with Crippen molar-refractivity contribution >= 4 is 11.0 Å². The molecule has 0 aliphatic heterocycles. The average Bonchev–Trinajstić information content (AvgIpc) is 2.67. The van der Waals surface area contributed by atoms with Gasteiger partial charge in [0, 0.05) is 12.5 Å². The largest absolute Gasteiger partial charge is 0.325 e. The molecule has 0 saturated heterocycles. The molecule has 0 aliphatic carbocycles. The molecule has 1 aromatic carbocycles. The van der Waals surface area contributed by atoms with Crippen molar-refractivity contribution in [2.75, 3.05) is 13.6 Å². The number of nitrogens with zero attached hydrogens (tertiary/aromatic N) is 2. The molecule has 0 radical (unpaired) electrons. The van der Waals surface area contributed by atoms with E-state index in [4.69, 9.17) is 0 Å². The first-order chi connectivity index (χ1) is 8.63. The van der Waals surface area contributed by atoms with Gasteiger partial charge < -0.3 is 9.88 Å². The Bertz CT molecular complexity index is 531. The van der Waals surface area contributed by atoms with Crippen LogP contribution in [0.5, 0.6) is 0 Å². The van der Waals surface area contributed by atoms with Gasteiger partial charge in [0.15, 0.2) is 0 Å². The number of hydrogen-bond donors (Lipinski definition) is 1. The second-order valence-corrected chi connectivity index (χ2v) is 4.83. The molecule has 0 fully saturated rings. The van der Waals surface area contributed by atoms with Crippen LogP contribution in [0, 0.1) is 5.82 Å². The number of nitrogens with one attached hydrogen (secondary N) is 1. The van der Waals surface area contributed by atoms with E-state index in [2.05, 4.69) is 28.7 Å². The number of aromatic nitrogens is 2. The minimum Gasteiger partial charge on any atom is -0.325 e. The summed E-state index contributed by atoms with van der Waals surface area (Å²) in [7, 11) is 1.95. The number of rotatable bonds is 5. The molecular formula is C14H20FN3. The highest BCUT2D eigenvalue weighted by molar-refractivity contribution is 5.76. The summed E-state index contributed by atoms with van der Waals surface area (Å²) in [6, 6.07) is 5.09. The lowest BCUT2D eigenvalue weighted by Gasteiger charge is -2.13. The van der Waals surface area contributed by atoms with Gasteiger partial charge in [0.25, 0.3) is 0 Å². The van der Waals surface area contributed by atoms with Crippen molar-refractivity contribution < 1.29 is 4.39 Å². The number of hydrogen-bond acceptors (Lipinski definition) is 2. The molecule has 0 spiro atoms. The van der Waals surface area contributed by atoms with E-state index in [1.165, 1.54) is 6.07 Å². The standard InChI is InChI=1S/C14H20FN3/c1-10(2)18-13-9-11(15)6-7-12(13)17-14(18)5-4-8-16-3/h6-7,9-10,16H,4-5,8H2,1-3H3. The minimum absolute atomic E-state index is 0.203. The van der Waals surface area contributed by atoms with Gasteiger partial charge in [-0.25, -0.2) is 9.37 Å². The van der Waals surface area contributed by atoms with Crippen LogP contribution in [0.25, 0.3) is 11.0 Å². The number of benzene rings is 1. The van der Waals surface area contributed by atoms with Gasteiger partial charge in [-0.1, -0.05) is 0 Å². The maximum atomic E-state index is 13.3. The minimum atomic E-state index is -0.203. The van der Waals surface area contributed by atoms with Gasteiger partial charge in [-0.2, -0.15) is 0 Å². The molecule has 3 nitrogen and oxygen atoms in total. The second kappa shape index (κ2) is 5.48. The predicted molar refractivity (Wildman–Crippen MR) is 72.3 cm³/mol. The Hall–Kier alpha value is -1.42. The van der Waals surface area contributed by atoms with Crippen molar-refractivity contribution in [2.45, 2.75) is 32.7 Å². The zero-order chi connectivity index (χ0) is 13.1. The maximum Gasteiger partial charge on any atom is 0.125 e. The number of aryl methyl sites for hydroxylation is 1. The summed E-state index contributed by atoms with van der Waals surface area (Å²) in [6.45, 7) is 5.18. The monoisotopic (exact) mass is 249 g/mol. The summed E-state index contributed by atoms with van der Waals surface area (Å²) < 4.78 is 15.5. The van der Waals surface area contributed by atoms with Gasteiger partial charge in [-0.3, -0.25) is 0 Å². The van der Waals surface area contributed by atoms with Gasteiger partial charge in [0.05, 0.1) is 11.0 Å². The van der Waals surface area contributed by atoms with Crippen molar-refractivity contribution in [2.24, 2.45) is 0 Å². The van der Waals surface area contributed by atoms with E-state index in [1.54, 1.807) is 12.1 Å². The summed E-state index contributed by atoms with van der Waals surface area (Å²) in [6.07, 6.45) is 1.95. The Kier molecular flexibility index (Phi) is 3.97. The Morgan fingerprint density at radius 1 is 1.39 bits per heavy atom. The fourth-order valence-electron chi connectivity index (χ4n) is 2.29. The van der Waals surface area contributed by atoms with Crippen LogP contribution in [-0.2, 0) is 6.42 Å². The molecule has 1 N–H and O–H groups in total. The third kappa shape index (κ3) is 2.53. The first-order valence-corrected chi connectivity index (χ1v) is 6.44. The van der Waals surface area contributed by atoms with E-state index in [0.717, 1.165) is 36.2 Å². The van der Waals surface area contributed by atoms with Crippen molar-refractivity contribution in [3.63, 3.8) is 0 Å². The predicted octanol–water partition coefficient (Wildman–Crippen LogP) is 2.91. The van der Waals surface area contributed by atoms with E-state index in [9.17, 15) is 4.39 Å². The first-order valence-electron chi connectivity index (χ1n) is 6.44. The zero-order valence-electron chi connectivity index (χ0n) is 11.2. The second-order valence-electron chi connectivity index (χ2n) is 4.83. The van der Waals surface area contributed by atoms with Crippen molar-refractivity contribution in [1.29, 1.82) is 0 Å². The molecule has 0 amide bonds. The summed E-state index contributed by atoms with van der Waals surface area (Å²) in [5.41, 5.74) is 1.77. The van der Waals surface area contributed by atoms with Crippen LogP contribution >= 0.6 is 0 Å². The first kappa shape index (κ1) is 13.0. The Balaban J connectivity index is 2.41. The lowest BCUT2D eigenvalue weighted by molar-refractivity contribution is 0.569. The van der Waals surface area contributed by atoms with E-state index in [-0.39, 0.29) is 5.82 Å². The Labute approximate surface area is 107 Å². The quantitative estimate of drug-likeness (QED) is 0.826. The number of imidazole rings is 1. The molecular weight excluding hydrogens is 229 g/mol. The number of fused-ring (bicyclic) bond motifs is 1. The third-order valence-electron chi connectivity index (χ3n) is 3.07. The Morgan fingerprint density at radius 2 is 2.17 bits per heavy atom. The molecule has 1 aromatic heterocycles. The van der Waals surface area contributed by atoms with E-state index < -0.39 is 0 Å². The highest BCUT2D eigenvalue weighted by Crippen LogP contribution is 2.22. The molecule has 0 atom stereocenters. The molecule has 2 aromatic rings. The van der Waals surface area contributed by atoms with Crippen LogP contribution in [0.15, 0.2) is 18.2 Å². The molecule has 0 unspecified atom stereocenters. The van der Waals surface area contributed by atoms with Crippen molar-refractivity contribution in [3.8, 4) is 0 Å². The van der Waals surface area contributed by atoms with E-state index in [0.29, 0.717) is 6.04 Å². The molecule has 0 saturated carbocycles. The fourth-order valence-corrected chi connectivity index (χ4v) is 2.29. The van der Waals surface area contributed by atoms with Crippen molar-refractivity contribution in [1.82, 2.24) is 14.9 Å². The van der Waals surface area contributed by atoms with E-state index in [1.807, 2.05) is 7.05 Å². The molecule has 1 heterocycles. The summed E-state index contributed by atoms with van der Waals surface area (Å²) in [5, 5.41) is 3.13. The van der Waals surface area contributed by atoms with Gasteiger partial charge in [-0.05, 0) is 52.1 Å². The summed E-state index contributed by atoms with van der Waals surface area (Å²) in [5.74, 6) is 0.840. The van der Waals surface area contributed by atoms with Crippen LogP contribution in [0.2, 0.25) is 0 Å². The third-order valence-corrected chi connectivity index (χ3v) is 3.07. The highest BCUT2D eigenvalue weighted by Gasteiger charge is 2.13. The fraction of sp³-hybridized carbons (Fsp3) is 0.500. The lowest BCUT2D eigenvalue weighted by atomic mass is 10.2. The van der Waals surface area contributed by atoms with Gasteiger partial charge in [-0.15, -0.1) is 0 Å². The van der Waals surface area contributed by atoms with Crippen LogP contribution in [0.1, 0.15) is 32.1 Å². The van der Waals surface area contributed by atoms with Crippen LogP contribution in [0.3, 0.4) is 0 Å². The van der Waals surface area contributed by atoms with E-state index >= 15 is 0 Å². The molecule has 98 valence electrons. The lowest BCUT2D eigenvalue weighted by Crippen LogP contribution is -2.11. The summed E-state index contributed by atoms with van der Waals surface area (Å²) >= 11 is 0. The molecule has 18 heavy (non-hydrogen) atoms. The van der Waals surface area contributed by atoms with Crippen molar-refractivity contribution in [3.05, 3.63) is 29.8 Å². The Morgan fingerprint density at radius 3 is 2.83 bits per heavy atom. The highest BCUT2D eigenvalue weighted by atomic mass is 19.1.